The molecule has 3 atom stereocenters. The van der Waals surface area contributed by atoms with E-state index < -0.39 is 0 Å². The van der Waals surface area contributed by atoms with Gasteiger partial charge in [0.2, 0.25) is 0 Å². The van der Waals surface area contributed by atoms with Crippen LogP contribution in [0.15, 0.2) is 24.3 Å². The summed E-state index contributed by atoms with van der Waals surface area (Å²) in [5.41, 5.74) is 3.21. The largest absolute Gasteiger partial charge is 0.0648 e. The molecule has 14 heavy (non-hydrogen) atoms. The molecule has 0 spiro atoms. The van der Waals surface area contributed by atoms with Gasteiger partial charge in [-0.1, -0.05) is 45.0 Å². The maximum absolute atomic E-state index is 2.39. The molecule has 0 amide bonds. The van der Waals surface area contributed by atoms with Gasteiger partial charge in [0, 0.05) is 0 Å². The average Bonchev–Trinajstić information content (AvgIpc) is 2.23. The van der Waals surface area contributed by atoms with E-state index in [1.165, 1.54) is 12.8 Å². The Balaban J connectivity index is 2.44. The predicted octanol–water partition coefficient (Wildman–Crippen LogP) is 4.32. The second kappa shape index (κ2) is 3.76. The van der Waals surface area contributed by atoms with Crippen molar-refractivity contribution in [3.05, 3.63) is 35.4 Å². The van der Waals surface area contributed by atoms with E-state index in [9.17, 15) is 0 Å². The number of benzene rings is 1. The highest BCUT2D eigenvalue weighted by Crippen LogP contribution is 2.43. The van der Waals surface area contributed by atoms with Crippen LogP contribution in [-0.2, 0) is 0 Å². The molecular weight excluding hydrogens is 168 g/mol. The van der Waals surface area contributed by atoms with Gasteiger partial charge >= 0.3 is 0 Å². The lowest BCUT2D eigenvalue weighted by Crippen LogP contribution is -2.19. The Morgan fingerprint density at radius 2 is 1.79 bits per heavy atom. The summed E-state index contributed by atoms with van der Waals surface area (Å²) in [4.78, 5) is 0. The van der Waals surface area contributed by atoms with E-state index in [4.69, 9.17) is 0 Å². The summed E-state index contributed by atoms with van der Waals surface area (Å²) in [6.45, 7) is 7.07. The van der Waals surface area contributed by atoms with Gasteiger partial charge in [0.1, 0.15) is 0 Å². The zero-order chi connectivity index (χ0) is 10.1. The molecule has 0 aliphatic heterocycles. The molecule has 0 heteroatoms. The molecule has 0 radical (unpaired) electrons. The van der Waals surface area contributed by atoms with Crippen LogP contribution in [0.2, 0.25) is 0 Å². The monoisotopic (exact) mass is 188 g/mol. The summed E-state index contributed by atoms with van der Waals surface area (Å²) < 4.78 is 0. The Bertz CT molecular complexity index is 299. The van der Waals surface area contributed by atoms with E-state index in [1.54, 1.807) is 11.1 Å². The third-order valence-corrected chi connectivity index (χ3v) is 3.93. The number of fused-ring (bicyclic) bond motifs is 1. The summed E-state index contributed by atoms with van der Waals surface area (Å²) in [7, 11) is 0. The van der Waals surface area contributed by atoms with E-state index in [0.717, 1.165) is 17.8 Å². The molecule has 2 rings (SSSR count). The van der Waals surface area contributed by atoms with Crippen molar-refractivity contribution in [2.45, 2.75) is 45.4 Å². The summed E-state index contributed by atoms with van der Waals surface area (Å²) in [5, 5.41) is 0. The van der Waals surface area contributed by atoms with Gasteiger partial charge in [0.05, 0.1) is 0 Å². The lowest BCUT2D eigenvalue weighted by atomic mass is 9.71. The SMILES string of the molecule is CCC1CC(C)C(C)c2ccccc21. The molecule has 0 nitrogen and oxygen atoms in total. The van der Waals surface area contributed by atoms with Crippen molar-refractivity contribution < 1.29 is 0 Å². The summed E-state index contributed by atoms with van der Waals surface area (Å²) in [6.07, 6.45) is 2.66. The average molecular weight is 188 g/mol. The highest BCUT2D eigenvalue weighted by Gasteiger charge is 2.28. The predicted molar refractivity (Wildman–Crippen MR) is 61.7 cm³/mol. The Kier molecular flexibility index (Phi) is 2.62. The maximum atomic E-state index is 2.39. The van der Waals surface area contributed by atoms with E-state index in [1.807, 2.05) is 0 Å². The van der Waals surface area contributed by atoms with E-state index >= 15 is 0 Å². The molecule has 0 aromatic heterocycles. The summed E-state index contributed by atoms with van der Waals surface area (Å²) in [6, 6.07) is 9.01. The summed E-state index contributed by atoms with van der Waals surface area (Å²) in [5.74, 6) is 2.39. The van der Waals surface area contributed by atoms with Gasteiger partial charge in [-0.3, -0.25) is 0 Å². The molecule has 1 aliphatic carbocycles. The molecular formula is C14H20. The molecule has 1 aliphatic rings. The van der Waals surface area contributed by atoms with Gasteiger partial charge in [0.15, 0.2) is 0 Å². The van der Waals surface area contributed by atoms with Gasteiger partial charge in [-0.15, -0.1) is 0 Å². The fourth-order valence-corrected chi connectivity index (χ4v) is 2.77. The molecule has 0 saturated carbocycles. The minimum atomic E-state index is 0.744. The van der Waals surface area contributed by atoms with Crippen LogP contribution in [0, 0.1) is 5.92 Å². The third kappa shape index (κ3) is 1.47. The van der Waals surface area contributed by atoms with Crippen LogP contribution in [0.5, 0.6) is 0 Å². The van der Waals surface area contributed by atoms with E-state index in [2.05, 4.69) is 45.0 Å². The van der Waals surface area contributed by atoms with Crippen molar-refractivity contribution in [2.75, 3.05) is 0 Å². The zero-order valence-corrected chi connectivity index (χ0v) is 9.46. The first-order valence-corrected chi connectivity index (χ1v) is 5.82. The van der Waals surface area contributed by atoms with Crippen molar-refractivity contribution in [2.24, 2.45) is 5.92 Å². The molecule has 0 fully saturated rings. The van der Waals surface area contributed by atoms with Gasteiger partial charge in [-0.2, -0.15) is 0 Å². The second-order valence-electron chi connectivity index (χ2n) is 4.74. The first-order valence-electron chi connectivity index (χ1n) is 5.82. The van der Waals surface area contributed by atoms with Crippen molar-refractivity contribution in [1.29, 1.82) is 0 Å². The van der Waals surface area contributed by atoms with Crippen molar-refractivity contribution in [1.82, 2.24) is 0 Å². The van der Waals surface area contributed by atoms with Crippen LogP contribution in [0.25, 0.3) is 0 Å². The number of hydrogen-bond acceptors (Lipinski definition) is 0. The molecule has 0 bridgehead atoms. The topological polar surface area (TPSA) is 0 Å². The quantitative estimate of drug-likeness (QED) is 0.615. The number of rotatable bonds is 1. The van der Waals surface area contributed by atoms with Crippen LogP contribution < -0.4 is 0 Å². The molecule has 0 N–H and O–H groups in total. The summed E-state index contributed by atoms with van der Waals surface area (Å²) >= 11 is 0. The van der Waals surface area contributed by atoms with Crippen molar-refractivity contribution >= 4 is 0 Å². The van der Waals surface area contributed by atoms with Gasteiger partial charge in [0.25, 0.3) is 0 Å². The van der Waals surface area contributed by atoms with E-state index in [-0.39, 0.29) is 0 Å². The van der Waals surface area contributed by atoms with Gasteiger partial charge in [-0.05, 0) is 41.7 Å². The third-order valence-electron chi connectivity index (χ3n) is 3.93. The molecule has 1 aromatic rings. The maximum Gasteiger partial charge on any atom is -0.0159 e. The molecule has 3 unspecified atom stereocenters. The Labute approximate surface area is 87.3 Å². The van der Waals surface area contributed by atoms with Gasteiger partial charge in [-0.25, -0.2) is 0 Å². The molecule has 76 valence electrons. The van der Waals surface area contributed by atoms with Crippen LogP contribution >= 0.6 is 0 Å². The van der Waals surface area contributed by atoms with Crippen molar-refractivity contribution in [3.8, 4) is 0 Å². The normalized spacial score (nSPS) is 31.2. The zero-order valence-electron chi connectivity index (χ0n) is 9.46. The van der Waals surface area contributed by atoms with E-state index in [0.29, 0.717) is 0 Å². The standard InChI is InChI=1S/C14H20/c1-4-12-9-10(2)11(3)13-7-5-6-8-14(12)13/h5-8,10-12H,4,9H2,1-3H3. The Morgan fingerprint density at radius 1 is 1.14 bits per heavy atom. The van der Waals surface area contributed by atoms with Crippen LogP contribution in [0.3, 0.4) is 0 Å². The van der Waals surface area contributed by atoms with Gasteiger partial charge < -0.3 is 0 Å². The fraction of sp³-hybridized carbons (Fsp3) is 0.571. The number of hydrogen-bond donors (Lipinski definition) is 0. The Hall–Kier alpha value is -0.780. The molecule has 0 saturated heterocycles. The lowest BCUT2D eigenvalue weighted by molar-refractivity contribution is 0.371. The first-order chi connectivity index (χ1) is 6.74. The lowest BCUT2D eigenvalue weighted by Gasteiger charge is -2.34. The molecule has 1 aromatic carbocycles. The van der Waals surface area contributed by atoms with Crippen LogP contribution in [0.1, 0.15) is 56.6 Å². The smallest absolute Gasteiger partial charge is 0.0159 e. The van der Waals surface area contributed by atoms with Crippen LogP contribution in [0.4, 0.5) is 0 Å². The molecule has 0 heterocycles. The highest BCUT2D eigenvalue weighted by atomic mass is 14.3. The van der Waals surface area contributed by atoms with Crippen molar-refractivity contribution in [3.63, 3.8) is 0 Å². The fourth-order valence-electron chi connectivity index (χ4n) is 2.77. The minimum absolute atomic E-state index is 0.744. The van der Waals surface area contributed by atoms with Crippen LogP contribution in [-0.4, -0.2) is 0 Å². The first kappa shape index (κ1) is 9.76. The Morgan fingerprint density at radius 3 is 2.43 bits per heavy atom. The second-order valence-corrected chi connectivity index (χ2v) is 4.74. The minimum Gasteiger partial charge on any atom is -0.0648 e. The highest BCUT2D eigenvalue weighted by molar-refractivity contribution is 5.35.